The van der Waals surface area contributed by atoms with E-state index in [1.807, 2.05) is 43.3 Å². The summed E-state index contributed by atoms with van der Waals surface area (Å²) in [7, 11) is 0. The van der Waals surface area contributed by atoms with E-state index in [-0.39, 0.29) is 11.9 Å². The monoisotopic (exact) mass is 301 g/mol. The molecule has 1 aromatic carbocycles. The number of hydrogen-bond acceptors (Lipinski definition) is 3. The van der Waals surface area contributed by atoms with E-state index < -0.39 is 12.2 Å². The molecule has 1 fully saturated rings. The van der Waals surface area contributed by atoms with Crippen molar-refractivity contribution >= 4 is 12.0 Å². The smallest absolute Gasteiger partial charge is 0.417 e. The summed E-state index contributed by atoms with van der Waals surface area (Å²) >= 11 is 0. The summed E-state index contributed by atoms with van der Waals surface area (Å²) in [4.78, 5) is 25.4. The molecule has 0 aromatic heterocycles. The van der Waals surface area contributed by atoms with Gasteiger partial charge in [0.25, 0.3) is 5.91 Å². The summed E-state index contributed by atoms with van der Waals surface area (Å²) in [5.74, 6) is -0.299. The lowest BCUT2D eigenvalue weighted by Gasteiger charge is -2.17. The van der Waals surface area contributed by atoms with E-state index in [2.05, 4.69) is 6.92 Å². The van der Waals surface area contributed by atoms with Crippen LogP contribution in [-0.4, -0.2) is 22.9 Å². The van der Waals surface area contributed by atoms with Crippen LogP contribution in [0.4, 0.5) is 4.79 Å². The molecule has 0 aliphatic carbocycles. The van der Waals surface area contributed by atoms with E-state index >= 15 is 0 Å². The van der Waals surface area contributed by atoms with Crippen LogP contribution in [0, 0.1) is 0 Å². The maximum atomic E-state index is 12.2. The summed E-state index contributed by atoms with van der Waals surface area (Å²) in [5, 5.41) is 0. The Kier molecular flexibility index (Phi) is 5.75. The zero-order valence-corrected chi connectivity index (χ0v) is 13.2. The number of benzene rings is 1. The Morgan fingerprint density at radius 1 is 1.27 bits per heavy atom. The first-order valence-electron chi connectivity index (χ1n) is 7.90. The third kappa shape index (κ3) is 3.75. The number of cyclic esters (lactones) is 1. The number of hydrogen-bond donors (Lipinski definition) is 0. The highest BCUT2D eigenvalue weighted by atomic mass is 16.6. The molecule has 1 saturated heterocycles. The van der Waals surface area contributed by atoms with Crippen LogP contribution in [0.15, 0.2) is 42.5 Å². The minimum Gasteiger partial charge on any atom is -0.439 e. The van der Waals surface area contributed by atoms with Crippen LogP contribution in [0.1, 0.15) is 51.2 Å². The van der Waals surface area contributed by atoms with E-state index in [0.29, 0.717) is 0 Å². The molecule has 0 radical (unpaired) electrons. The van der Waals surface area contributed by atoms with Crippen molar-refractivity contribution in [3.05, 3.63) is 48.0 Å². The van der Waals surface area contributed by atoms with E-state index in [0.717, 1.165) is 31.2 Å². The van der Waals surface area contributed by atoms with Gasteiger partial charge >= 0.3 is 6.09 Å². The van der Waals surface area contributed by atoms with Crippen LogP contribution in [0.3, 0.4) is 0 Å². The van der Waals surface area contributed by atoms with Crippen LogP contribution in [0.2, 0.25) is 0 Å². The van der Waals surface area contributed by atoms with Gasteiger partial charge in [0.2, 0.25) is 0 Å². The second-order valence-corrected chi connectivity index (χ2v) is 5.56. The predicted molar refractivity (Wildman–Crippen MR) is 85.3 cm³/mol. The molecule has 2 atom stereocenters. The molecular weight excluding hydrogens is 278 g/mol. The molecule has 0 spiro atoms. The van der Waals surface area contributed by atoms with Crippen LogP contribution < -0.4 is 0 Å². The first-order valence-corrected chi connectivity index (χ1v) is 7.90. The van der Waals surface area contributed by atoms with Crippen LogP contribution >= 0.6 is 0 Å². The minimum absolute atomic E-state index is 0.299. The average Bonchev–Trinajstić information content (AvgIpc) is 2.82. The molecule has 0 N–H and O–H groups in total. The third-order valence-corrected chi connectivity index (χ3v) is 3.87. The lowest BCUT2D eigenvalue weighted by atomic mass is 10.0. The van der Waals surface area contributed by atoms with Gasteiger partial charge in [0, 0.05) is 0 Å². The van der Waals surface area contributed by atoms with Gasteiger partial charge in [0.05, 0.1) is 6.04 Å². The van der Waals surface area contributed by atoms with E-state index in [4.69, 9.17) is 4.74 Å². The average molecular weight is 301 g/mol. The van der Waals surface area contributed by atoms with Gasteiger partial charge in [-0.25, -0.2) is 9.69 Å². The molecule has 1 aliphatic heterocycles. The molecule has 22 heavy (non-hydrogen) atoms. The van der Waals surface area contributed by atoms with Gasteiger partial charge in [0.15, 0.2) is 0 Å². The lowest BCUT2D eigenvalue weighted by Crippen LogP contribution is -2.36. The molecule has 0 bridgehead atoms. The Labute approximate surface area is 131 Å². The lowest BCUT2D eigenvalue weighted by molar-refractivity contribution is -0.124. The third-order valence-electron chi connectivity index (χ3n) is 3.87. The first-order chi connectivity index (χ1) is 10.6. The van der Waals surface area contributed by atoms with Crippen LogP contribution in [0.25, 0.3) is 0 Å². The Bertz CT molecular complexity index is 539. The fraction of sp³-hybridized carbons (Fsp3) is 0.444. The molecule has 118 valence electrons. The zero-order valence-electron chi connectivity index (χ0n) is 13.2. The SMILES string of the molecule is CCCCCC=CC(=O)N1C(=O)O[C@@H](c2ccccc2)[C@@H]1C. The maximum Gasteiger partial charge on any atom is 0.417 e. The van der Waals surface area contributed by atoms with Crippen molar-refractivity contribution < 1.29 is 14.3 Å². The van der Waals surface area contributed by atoms with Crippen molar-refractivity contribution in [1.29, 1.82) is 0 Å². The number of nitrogens with zero attached hydrogens (tertiary/aromatic N) is 1. The molecular formula is C18H23NO3. The van der Waals surface area contributed by atoms with E-state index in [9.17, 15) is 9.59 Å². The quantitative estimate of drug-likeness (QED) is 0.583. The van der Waals surface area contributed by atoms with Crippen LogP contribution in [0.5, 0.6) is 0 Å². The van der Waals surface area contributed by atoms with Gasteiger partial charge in [0.1, 0.15) is 6.10 Å². The summed E-state index contributed by atoms with van der Waals surface area (Å²) in [5.41, 5.74) is 0.908. The van der Waals surface area contributed by atoms with Crippen molar-refractivity contribution in [2.45, 2.75) is 51.7 Å². The molecule has 4 nitrogen and oxygen atoms in total. The fourth-order valence-corrected chi connectivity index (χ4v) is 2.62. The number of allylic oxidation sites excluding steroid dienone is 1. The van der Waals surface area contributed by atoms with Gasteiger partial charge in [-0.3, -0.25) is 4.79 Å². The highest BCUT2D eigenvalue weighted by molar-refractivity contribution is 6.00. The standard InChI is InChI=1S/C18H23NO3/c1-3-4-5-6-10-13-16(20)19-14(2)17(22-18(19)21)15-11-8-7-9-12-15/h7-14,17H,3-6H2,1-2H3/t14-,17+/m0/s1. The Morgan fingerprint density at radius 2 is 2.00 bits per heavy atom. The molecule has 1 heterocycles. The molecule has 2 amide bonds. The second kappa shape index (κ2) is 7.78. The molecule has 1 aromatic rings. The van der Waals surface area contributed by atoms with Gasteiger partial charge in [-0.15, -0.1) is 0 Å². The molecule has 0 saturated carbocycles. The maximum absolute atomic E-state index is 12.2. The normalized spacial score (nSPS) is 21.4. The Hall–Kier alpha value is -2.10. The summed E-state index contributed by atoms with van der Waals surface area (Å²) < 4.78 is 5.37. The Morgan fingerprint density at radius 3 is 2.68 bits per heavy atom. The van der Waals surface area contributed by atoms with Gasteiger partial charge in [-0.2, -0.15) is 0 Å². The molecule has 2 rings (SSSR count). The number of carbonyl (C=O) groups is 2. The summed E-state index contributed by atoms with van der Waals surface area (Å²) in [6.45, 7) is 3.98. The topological polar surface area (TPSA) is 46.6 Å². The molecule has 4 heteroatoms. The molecule has 0 unspecified atom stereocenters. The minimum atomic E-state index is -0.565. The van der Waals surface area contributed by atoms with Crippen molar-refractivity contribution in [1.82, 2.24) is 4.90 Å². The van der Waals surface area contributed by atoms with Gasteiger partial charge in [-0.05, 0) is 31.4 Å². The number of amides is 2. The molecule has 1 aliphatic rings. The van der Waals surface area contributed by atoms with Gasteiger partial charge < -0.3 is 4.74 Å². The number of ether oxygens (including phenoxy) is 1. The number of carbonyl (C=O) groups excluding carboxylic acids is 2. The van der Waals surface area contributed by atoms with Crippen molar-refractivity contribution in [3.63, 3.8) is 0 Å². The van der Waals surface area contributed by atoms with Crippen molar-refractivity contribution in [3.8, 4) is 0 Å². The summed E-state index contributed by atoms with van der Waals surface area (Å²) in [6.07, 6.45) is 6.59. The van der Waals surface area contributed by atoms with Crippen molar-refractivity contribution in [2.24, 2.45) is 0 Å². The van der Waals surface area contributed by atoms with Crippen LogP contribution in [-0.2, 0) is 9.53 Å². The Balaban J connectivity index is 1.99. The largest absolute Gasteiger partial charge is 0.439 e. The van der Waals surface area contributed by atoms with E-state index in [1.165, 1.54) is 11.0 Å². The first kappa shape index (κ1) is 16.3. The highest BCUT2D eigenvalue weighted by Gasteiger charge is 2.42. The zero-order chi connectivity index (χ0) is 15.9. The van der Waals surface area contributed by atoms with Gasteiger partial charge in [-0.1, -0.05) is 56.2 Å². The fourth-order valence-electron chi connectivity index (χ4n) is 2.62. The second-order valence-electron chi connectivity index (χ2n) is 5.56. The predicted octanol–water partition coefficient (Wildman–Crippen LogP) is 4.23. The highest BCUT2D eigenvalue weighted by Crippen LogP contribution is 2.32. The van der Waals surface area contributed by atoms with Crippen molar-refractivity contribution in [2.75, 3.05) is 0 Å². The number of rotatable bonds is 6. The summed E-state index contributed by atoms with van der Waals surface area (Å²) in [6, 6.07) is 9.21. The van der Waals surface area contributed by atoms with E-state index in [1.54, 1.807) is 0 Å². The number of imide groups is 1. The number of unbranched alkanes of at least 4 members (excludes halogenated alkanes) is 3.